The molecular formula is C35H41N3O2Si. The highest BCUT2D eigenvalue weighted by Crippen LogP contribution is 2.45. The lowest BCUT2D eigenvalue weighted by Gasteiger charge is -2.24. The van der Waals surface area contributed by atoms with E-state index in [1.807, 2.05) is 6.07 Å². The van der Waals surface area contributed by atoms with Gasteiger partial charge in [0, 0.05) is 30.5 Å². The number of aliphatic imine (C=N–C) groups is 1. The Labute approximate surface area is 246 Å². The van der Waals surface area contributed by atoms with E-state index in [0.29, 0.717) is 22.2 Å². The van der Waals surface area contributed by atoms with Gasteiger partial charge in [-0.05, 0) is 91.4 Å². The standard InChI is InChI=1S/C35H41N3O2Si/c1-39-23-24-17-18-32-31(20-24)37-35(38(32)27-11-5-3-2-4-6-12-27)29-15-8-16-30-34(29)41-33(36-30)22-26-21-25(26)10-7-13-28-14-9-19-40-28/h8-9,14-20,25-27H,2-7,10-13,21-23H2,1H3. The van der Waals surface area contributed by atoms with Crippen LogP contribution in [0.3, 0.4) is 0 Å². The quantitative estimate of drug-likeness (QED) is 0.183. The lowest BCUT2D eigenvalue weighted by atomic mass is 9.96. The van der Waals surface area contributed by atoms with Crippen LogP contribution in [0.25, 0.3) is 22.4 Å². The van der Waals surface area contributed by atoms with Gasteiger partial charge in [0.25, 0.3) is 0 Å². The minimum atomic E-state index is 0.498. The zero-order chi connectivity index (χ0) is 27.6. The molecule has 1 aliphatic heterocycles. The van der Waals surface area contributed by atoms with E-state index < -0.39 is 0 Å². The van der Waals surface area contributed by atoms with Crippen molar-refractivity contribution in [2.75, 3.05) is 7.11 Å². The molecule has 2 aliphatic carbocycles. The molecule has 2 fully saturated rings. The second-order valence-corrected chi connectivity index (χ2v) is 13.7. The first-order valence-electron chi connectivity index (χ1n) is 15.8. The number of imidazole rings is 1. The van der Waals surface area contributed by atoms with Crippen LogP contribution in [-0.2, 0) is 17.8 Å². The summed E-state index contributed by atoms with van der Waals surface area (Å²) < 4.78 is 13.6. The maximum Gasteiger partial charge on any atom is 0.145 e. The molecule has 212 valence electrons. The monoisotopic (exact) mass is 563 g/mol. The van der Waals surface area contributed by atoms with Gasteiger partial charge < -0.3 is 13.7 Å². The Morgan fingerprint density at radius 3 is 2.71 bits per heavy atom. The molecule has 2 radical (unpaired) electrons. The van der Waals surface area contributed by atoms with Crippen LogP contribution in [0.5, 0.6) is 0 Å². The molecule has 2 unspecified atom stereocenters. The summed E-state index contributed by atoms with van der Waals surface area (Å²) in [6.45, 7) is 0.617. The number of rotatable bonds is 10. The van der Waals surface area contributed by atoms with Gasteiger partial charge in [-0.15, -0.1) is 0 Å². The fourth-order valence-corrected chi connectivity index (χ4v) is 8.60. The van der Waals surface area contributed by atoms with Crippen molar-refractivity contribution < 1.29 is 9.15 Å². The first-order valence-corrected chi connectivity index (χ1v) is 16.8. The number of hydrogen-bond donors (Lipinski definition) is 0. The molecule has 2 aromatic carbocycles. The van der Waals surface area contributed by atoms with Crippen LogP contribution in [0.4, 0.5) is 5.69 Å². The predicted molar refractivity (Wildman–Crippen MR) is 168 cm³/mol. The molecule has 2 aromatic heterocycles. The lowest BCUT2D eigenvalue weighted by molar-refractivity contribution is 0.185. The number of furan rings is 1. The number of fused-ring (bicyclic) bond motifs is 2. The van der Waals surface area contributed by atoms with Crippen LogP contribution in [0.1, 0.15) is 88.0 Å². The normalized spacial score (nSPS) is 21.0. The number of methoxy groups -OCH3 is 1. The van der Waals surface area contributed by atoms with Crippen molar-refractivity contribution in [2.24, 2.45) is 16.8 Å². The second-order valence-electron chi connectivity index (χ2n) is 12.4. The van der Waals surface area contributed by atoms with Crippen LogP contribution in [0, 0.1) is 11.8 Å². The zero-order valence-corrected chi connectivity index (χ0v) is 25.3. The molecule has 6 heteroatoms. The van der Waals surface area contributed by atoms with Crippen molar-refractivity contribution in [3.05, 3.63) is 66.1 Å². The van der Waals surface area contributed by atoms with Gasteiger partial charge >= 0.3 is 0 Å². The molecule has 3 aliphatic rings. The molecule has 41 heavy (non-hydrogen) atoms. The summed E-state index contributed by atoms with van der Waals surface area (Å²) in [7, 11) is 2.41. The molecule has 4 aromatic rings. The molecule has 2 saturated carbocycles. The maximum absolute atomic E-state index is 5.52. The van der Waals surface area contributed by atoms with Gasteiger partial charge in [-0.3, -0.25) is 4.99 Å². The van der Waals surface area contributed by atoms with Crippen LogP contribution in [0.15, 0.2) is 64.2 Å². The van der Waals surface area contributed by atoms with E-state index in [-0.39, 0.29) is 0 Å². The fourth-order valence-electron chi connectivity index (χ4n) is 7.17. The van der Waals surface area contributed by atoms with E-state index in [1.54, 1.807) is 13.4 Å². The van der Waals surface area contributed by atoms with Crippen LogP contribution >= 0.6 is 0 Å². The average Bonchev–Trinajstić information content (AvgIpc) is 3.31. The highest BCUT2D eigenvalue weighted by atomic mass is 28.2. The highest BCUT2D eigenvalue weighted by molar-refractivity contribution is 6.89. The molecule has 5 nitrogen and oxygen atoms in total. The average molecular weight is 564 g/mol. The van der Waals surface area contributed by atoms with Crippen LogP contribution in [-0.4, -0.2) is 31.5 Å². The summed E-state index contributed by atoms with van der Waals surface area (Å²) in [6.07, 6.45) is 17.0. The van der Waals surface area contributed by atoms with Crippen molar-refractivity contribution in [1.29, 1.82) is 0 Å². The van der Waals surface area contributed by atoms with Crippen molar-refractivity contribution >= 4 is 36.8 Å². The third-order valence-corrected chi connectivity index (χ3v) is 10.8. The predicted octanol–water partition coefficient (Wildman–Crippen LogP) is 8.15. The molecule has 2 atom stereocenters. The summed E-state index contributed by atoms with van der Waals surface area (Å²) in [6, 6.07) is 18.0. The zero-order valence-electron chi connectivity index (χ0n) is 24.3. The van der Waals surface area contributed by atoms with E-state index in [4.69, 9.17) is 19.1 Å². The summed E-state index contributed by atoms with van der Waals surface area (Å²) in [4.78, 5) is 10.5. The summed E-state index contributed by atoms with van der Waals surface area (Å²) in [5, 5.41) is 2.79. The van der Waals surface area contributed by atoms with Gasteiger partial charge in [-0.25, -0.2) is 4.98 Å². The molecular weight excluding hydrogens is 522 g/mol. The Morgan fingerprint density at radius 2 is 1.88 bits per heavy atom. The smallest absolute Gasteiger partial charge is 0.145 e. The Morgan fingerprint density at radius 1 is 1.00 bits per heavy atom. The highest BCUT2D eigenvalue weighted by Gasteiger charge is 2.38. The van der Waals surface area contributed by atoms with E-state index in [0.717, 1.165) is 41.8 Å². The largest absolute Gasteiger partial charge is 0.469 e. The SMILES string of the molecule is COCc1ccc2c(c1)nc(-c1cccc3c1[Si]C(CC1CC1CCCc1ccco1)=N3)n2C1CCCCCCC1. The molecule has 0 amide bonds. The minimum absolute atomic E-state index is 0.498. The van der Waals surface area contributed by atoms with E-state index in [2.05, 4.69) is 47.0 Å². The third kappa shape index (κ3) is 5.87. The van der Waals surface area contributed by atoms with E-state index >= 15 is 0 Å². The molecule has 0 saturated heterocycles. The molecule has 0 N–H and O–H groups in total. The van der Waals surface area contributed by atoms with Gasteiger partial charge in [0.15, 0.2) is 0 Å². The van der Waals surface area contributed by atoms with Crippen LogP contribution in [0.2, 0.25) is 0 Å². The second kappa shape index (κ2) is 12.1. The van der Waals surface area contributed by atoms with Crippen LogP contribution < -0.4 is 5.19 Å². The fraction of sp³-hybridized carbons (Fsp3) is 0.486. The number of benzene rings is 2. The van der Waals surface area contributed by atoms with Crippen molar-refractivity contribution in [2.45, 2.75) is 89.7 Å². The number of hydrogen-bond acceptors (Lipinski definition) is 4. The third-order valence-electron chi connectivity index (χ3n) is 9.42. The molecule has 7 rings (SSSR count). The topological polar surface area (TPSA) is 52.6 Å². The van der Waals surface area contributed by atoms with Gasteiger partial charge in [-0.1, -0.05) is 50.3 Å². The number of nitrogens with zero attached hydrogens (tertiary/aromatic N) is 3. The molecule has 0 bridgehead atoms. The summed E-state index contributed by atoms with van der Waals surface area (Å²) in [5.74, 6) is 3.91. The number of aromatic nitrogens is 2. The van der Waals surface area contributed by atoms with Gasteiger partial charge in [-0.2, -0.15) is 0 Å². The van der Waals surface area contributed by atoms with Gasteiger partial charge in [0.1, 0.15) is 21.1 Å². The van der Waals surface area contributed by atoms with Crippen molar-refractivity contribution in [3.63, 3.8) is 0 Å². The summed E-state index contributed by atoms with van der Waals surface area (Å²) >= 11 is 0. The minimum Gasteiger partial charge on any atom is -0.469 e. The Hall–Kier alpha value is -2.96. The van der Waals surface area contributed by atoms with Crippen molar-refractivity contribution in [3.8, 4) is 11.4 Å². The van der Waals surface area contributed by atoms with Crippen molar-refractivity contribution in [1.82, 2.24) is 9.55 Å². The Kier molecular flexibility index (Phi) is 7.94. The Bertz CT molecular complexity index is 1510. The number of aryl methyl sites for hydroxylation is 1. The summed E-state index contributed by atoms with van der Waals surface area (Å²) in [5.41, 5.74) is 6.00. The maximum atomic E-state index is 5.52. The lowest BCUT2D eigenvalue weighted by Crippen LogP contribution is -2.22. The van der Waals surface area contributed by atoms with Gasteiger partial charge in [0.2, 0.25) is 0 Å². The Balaban J connectivity index is 1.12. The first kappa shape index (κ1) is 26.9. The first-order chi connectivity index (χ1) is 20.3. The van der Waals surface area contributed by atoms with Gasteiger partial charge in [0.05, 0.1) is 29.6 Å². The number of ether oxygens (including phenoxy) is 1. The molecule has 3 heterocycles. The molecule has 0 spiro atoms. The van der Waals surface area contributed by atoms with E-state index in [9.17, 15) is 0 Å². The van der Waals surface area contributed by atoms with E-state index in [1.165, 1.54) is 97.1 Å².